The van der Waals surface area contributed by atoms with Crippen molar-refractivity contribution in [3.63, 3.8) is 0 Å². The summed E-state index contributed by atoms with van der Waals surface area (Å²) in [6.45, 7) is 0. The molecule has 0 unspecified atom stereocenters. The summed E-state index contributed by atoms with van der Waals surface area (Å²) in [5, 5.41) is 5.63. The van der Waals surface area contributed by atoms with Crippen LogP contribution in [-0.4, -0.2) is 24.7 Å². The molecule has 3 aromatic heterocycles. The molecule has 0 aliphatic heterocycles. The number of pyridine rings is 1. The van der Waals surface area contributed by atoms with E-state index in [1.54, 1.807) is 35.5 Å². The van der Waals surface area contributed by atoms with Gasteiger partial charge in [0.25, 0.3) is 0 Å². The largest absolute Gasteiger partial charge is 0.263 e. The molecule has 3 heterocycles. The molecule has 3 rings (SSSR count). The highest BCUT2D eigenvalue weighted by atomic mass is 35.5. The van der Waals surface area contributed by atoms with Crippen LogP contribution in [-0.2, 0) is 0 Å². The molecule has 0 atom stereocenters. The predicted octanol–water partition coefficient (Wildman–Crippen LogP) is 1.86. The van der Waals surface area contributed by atoms with E-state index < -0.39 is 0 Å². The first-order valence-electron chi connectivity index (χ1n) is 4.60. The van der Waals surface area contributed by atoms with Gasteiger partial charge in [-0.3, -0.25) is 4.98 Å². The van der Waals surface area contributed by atoms with Crippen molar-refractivity contribution in [3.05, 3.63) is 42.2 Å². The van der Waals surface area contributed by atoms with Gasteiger partial charge in [0.15, 0.2) is 5.65 Å². The fourth-order valence-corrected chi connectivity index (χ4v) is 1.69. The molecule has 0 aliphatic rings. The highest BCUT2D eigenvalue weighted by molar-refractivity contribution is 6.32. The molecule has 0 fully saturated rings. The van der Waals surface area contributed by atoms with Crippen molar-refractivity contribution in [2.45, 2.75) is 0 Å². The zero-order valence-corrected chi connectivity index (χ0v) is 8.83. The lowest BCUT2D eigenvalue weighted by Gasteiger charge is -2.03. The van der Waals surface area contributed by atoms with Crippen LogP contribution in [0.5, 0.6) is 0 Å². The Morgan fingerprint density at radius 2 is 2.06 bits per heavy atom. The summed E-state index contributed by atoms with van der Waals surface area (Å²) in [6, 6.07) is 1.79. The zero-order valence-electron chi connectivity index (χ0n) is 8.08. The Balaban J connectivity index is 2.31. The Bertz CT molecular complexity index is 648. The molecule has 0 amide bonds. The summed E-state index contributed by atoms with van der Waals surface area (Å²) in [5.41, 5.74) is 1.48. The van der Waals surface area contributed by atoms with Gasteiger partial charge in [-0.15, -0.1) is 0 Å². The van der Waals surface area contributed by atoms with Gasteiger partial charge in [0.1, 0.15) is 6.33 Å². The molecule has 6 heteroatoms. The Morgan fingerprint density at radius 1 is 1.12 bits per heavy atom. The zero-order chi connectivity index (χ0) is 11.0. The van der Waals surface area contributed by atoms with E-state index in [9.17, 15) is 0 Å². The minimum atomic E-state index is 0.533. The van der Waals surface area contributed by atoms with E-state index in [-0.39, 0.29) is 0 Å². The third-order valence-electron chi connectivity index (χ3n) is 2.21. The topological polar surface area (TPSA) is 56.5 Å². The molecular formula is C10H6ClN5. The molecule has 0 aliphatic carbocycles. The average molecular weight is 232 g/mol. The van der Waals surface area contributed by atoms with Crippen LogP contribution in [0.15, 0.2) is 37.2 Å². The number of fused-ring (bicyclic) bond motifs is 1. The van der Waals surface area contributed by atoms with E-state index >= 15 is 0 Å². The summed E-state index contributed by atoms with van der Waals surface area (Å²) >= 11 is 6.05. The average Bonchev–Trinajstić information content (AvgIpc) is 2.74. The lowest BCUT2D eigenvalue weighted by Crippen LogP contribution is -1.98. The van der Waals surface area contributed by atoms with Crippen LogP contribution in [0.3, 0.4) is 0 Å². The number of hydrogen-bond donors (Lipinski definition) is 0. The van der Waals surface area contributed by atoms with Crippen molar-refractivity contribution in [2.24, 2.45) is 0 Å². The minimum absolute atomic E-state index is 0.533. The maximum absolute atomic E-state index is 6.05. The highest BCUT2D eigenvalue weighted by Gasteiger charge is 2.08. The summed E-state index contributed by atoms with van der Waals surface area (Å²) in [5.74, 6) is 0. The van der Waals surface area contributed by atoms with Gasteiger partial charge < -0.3 is 0 Å². The maximum atomic E-state index is 6.05. The molecule has 0 bridgehead atoms. The third-order valence-corrected chi connectivity index (χ3v) is 2.50. The number of halogens is 1. The van der Waals surface area contributed by atoms with Gasteiger partial charge in [0.2, 0.25) is 0 Å². The number of hydrogen-bond acceptors (Lipinski definition) is 4. The quantitative estimate of drug-likeness (QED) is 0.642. The Hall–Kier alpha value is -2.01. The molecule has 16 heavy (non-hydrogen) atoms. The lowest BCUT2D eigenvalue weighted by molar-refractivity contribution is 0.892. The van der Waals surface area contributed by atoms with E-state index in [1.165, 1.54) is 6.33 Å². The molecule has 0 radical (unpaired) electrons. The van der Waals surface area contributed by atoms with E-state index in [0.29, 0.717) is 5.02 Å². The highest BCUT2D eigenvalue weighted by Crippen LogP contribution is 2.21. The second-order valence-electron chi connectivity index (χ2n) is 3.19. The van der Waals surface area contributed by atoms with Crippen LogP contribution in [0, 0.1) is 0 Å². The third kappa shape index (κ3) is 1.33. The number of rotatable bonds is 1. The van der Waals surface area contributed by atoms with Gasteiger partial charge in [-0.2, -0.15) is 5.10 Å². The van der Waals surface area contributed by atoms with Crippen molar-refractivity contribution >= 4 is 22.6 Å². The van der Waals surface area contributed by atoms with Crippen LogP contribution >= 0.6 is 11.6 Å². The maximum Gasteiger partial charge on any atom is 0.166 e. The normalized spacial score (nSPS) is 10.8. The van der Waals surface area contributed by atoms with Crippen LogP contribution < -0.4 is 0 Å². The summed E-state index contributed by atoms with van der Waals surface area (Å²) in [6.07, 6.45) is 8.13. The predicted molar refractivity (Wildman–Crippen MR) is 59.5 cm³/mol. The van der Waals surface area contributed by atoms with Gasteiger partial charge in [0, 0.05) is 18.6 Å². The van der Waals surface area contributed by atoms with Crippen LogP contribution in [0.4, 0.5) is 0 Å². The summed E-state index contributed by atoms with van der Waals surface area (Å²) in [7, 11) is 0. The number of nitrogens with zero attached hydrogens (tertiary/aromatic N) is 5. The fourth-order valence-electron chi connectivity index (χ4n) is 1.49. The van der Waals surface area contributed by atoms with Crippen molar-refractivity contribution in [1.82, 2.24) is 24.7 Å². The van der Waals surface area contributed by atoms with Crippen molar-refractivity contribution < 1.29 is 0 Å². The van der Waals surface area contributed by atoms with Crippen molar-refractivity contribution in [2.75, 3.05) is 0 Å². The van der Waals surface area contributed by atoms with E-state index in [4.69, 9.17) is 11.6 Å². The molecule has 0 spiro atoms. The molecule has 0 aromatic carbocycles. The van der Waals surface area contributed by atoms with E-state index in [2.05, 4.69) is 20.1 Å². The molecule has 0 saturated heterocycles. The fraction of sp³-hybridized carbons (Fsp3) is 0. The Morgan fingerprint density at radius 3 is 2.94 bits per heavy atom. The van der Waals surface area contributed by atoms with E-state index in [1.807, 2.05) is 0 Å². The summed E-state index contributed by atoms with van der Waals surface area (Å²) < 4.78 is 1.67. The van der Waals surface area contributed by atoms with Gasteiger partial charge in [-0.1, -0.05) is 11.6 Å². The standard InChI is InChI=1S/C10H6ClN5/c11-8-5-12-2-1-9(8)16-10-7(4-15-16)3-13-6-14-10/h1-6H. The Labute approximate surface area is 95.7 Å². The first-order chi connectivity index (χ1) is 7.86. The smallest absolute Gasteiger partial charge is 0.166 e. The molecule has 3 aromatic rings. The lowest BCUT2D eigenvalue weighted by atomic mass is 10.4. The molecular weight excluding hydrogens is 226 g/mol. The monoisotopic (exact) mass is 231 g/mol. The second kappa shape index (κ2) is 3.53. The number of aromatic nitrogens is 5. The van der Waals surface area contributed by atoms with Crippen LogP contribution in [0.2, 0.25) is 5.02 Å². The molecule has 5 nitrogen and oxygen atoms in total. The van der Waals surface area contributed by atoms with Gasteiger partial charge >= 0.3 is 0 Å². The van der Waals surface area contributed by atoms with Gasteiger partial charge in [-0.25, -0.2) is 14.6 Å². The SMILES string of the molecule is Clc1cnccc1-n1ncc2cncnc21. The first-order valence-corrected chi connectivity index (χ1v) is 4.97. The molecule has 78 valence electrons. The Kier molecular flexibility index (Phi) is 2.04. The van der Waals surface area contributed by atoms with Gasteiger partial charge in [-0.05, 0) is 6.07 Å². The molecule has 0 N–H and O–H groups in total. The second-order valence-corrected chi connectivity index (χ2v) is 3.59. The summed E-state index contributed by atoms with van der Waals surface area (Å²) in [4.78, 5) is 12.0. The molecule has 0 saturated carbocycles. The van der Waals surface area contributed by atoms with Crippen molar-refractivity contribution in [1.29, 1.82) is 0 Å². The van der Waals surface area contributed by atoms with E-state index in [0.717, 1.165) is 16.7 Å². The minimum Gasteiger partial charge on any atom is -0.263 e. The van der Waals surface area contributed by atoms with Crippen LogP contribution in [0.1, 0.15) is 0 Å². The first kappa shape index (κ1) is 9.23. The van der Waals surface area contributed by atoms with Crippen molar-refractivity contribution in [3.8, 4) is 5.69 Å². The van der Waals surface area contributed by atoms with Crippen LogP contribution in [0.25, 0.3) is 16.7 Å². The van der Waals surface area contributed by atoms with Gasteiger partial charge in [0.05, 0.1) is 22.3 Å².